The fourth-order valence-electron chi connectivity index (χ4n) is 4.34. The molecule has 2 aromatic heterocycles. The van der Waals surface area contributed by atoms with Gasteiger partial charge in [0, 0.05) is 44.2 Å². The van der Waals surface area contributed by atoms with Crippen LogP contribution in [-0.2, 0) is 4.79 Å². The number of fused-ring (bicyclic) bond motifs is 1. The molecule has 1 aliphatic rings. The van der Waals surface area contributed by atoms with Crippen molar-refractivity contribution in [3.8, 4) is 0 Å². The highest BCUT2D eigenvalue weighted by molar-refractivity contribution is 6.30. The summed E-state index contributed by atoms with van der Waals surface area (Å²) in [4.78, 5) is 45.1. The number of furan rings is 1. The van der Waals surface area contributed by atoms with Gasteiger partial charge >= 0.3 is 0 Å². The number of halogens is 3. The average molecular weight is 571 g/mol. The first kappa shape index (κ1) is 30.4. The molecule has 0 bridgehead atoms. The fraction of sp³-hybridized carbons (Fsp3) is 0.360. The van der Waals surface area contributed by atoms with E-state index in [9.17, 15) is 14.4 Å². The van der Waals surface area contributed by atoms with Gasteiger partial charge in [-0.1, -0.05) is 30.9 Å². The second-order valence-electron chi connectivity index (χ2n) is 8.74. The number of hydrogen-bond acceptors (Lipinski definition) is 6. The van der Waals surface area contributed by atoms with Crippen LogP contribution in [0.3, 0.4) is 0 Å². The molecule has 1 fully saturated rings. The van der Waals surface area contributed by atoms with Crippen molar-refractivity contribution in [2.45, 2.75) is 32.1 Å². The van der Waals surface area contributed by atoms with Crippen molar-refractivity contribution < 1.29 is 18.8 Å². The van der Waals surface area contributed by atoms with Gasteiger partial charge in [-0.3, -0.25) is 14.4 Å². The number of hydrogen-bond donors (Lipinski definition) is 2. The summed E-state index contributed by atoms with van der Waals surface area (Å²) in [5.41, 5.74) is 4.00. The van der Waals surface area contributed by atoms with E-state index in [0.29, 0.717) is 21.6 Å². The predicted octanol–water partition coefficient (Wildman–Crippen LogP) is 5.33. The largest absolute Gasteiger partial charge is 0.449 e. The third-order valence-electron chi connectivity index (χ3n) is 6.11. The molecule has 0 atom stereocenters. The molecule has 0 unspecified atom stereocenters. The van der Waals surface area contributed by atoms with Crippen LogP contribution in [0.4, 0.5) is 11.5 Å². The Hall–Kier alpha value is -2.85. The normalized spacial score (nSPS) is 13.3. The van der Waals surface area contributed by atoms with Crippen molar-refractivity contribution in [3.05, 3.63) is 52.9 Å². The van der Waals surface area contributed by atoms with Crippen LogP contribution >= 0.6 is 36.4 Å². The smallest absolute Gasteiger partial charge is 0.294 e. The van der Waals surface area contributed by atoms with Crippen LogP contribution < -0.4 is 15.8 Å². The fourth-order valence-corrected chi connectivity index (χ4v) is 4.45. The van der Waals surface area contributed by atoms with Crippen molar-refractivity contribution in [3.63, 3.8) is 0 Å². The summed E-state index contributed by atoms with van der Waals surface area (Å²) in [5, 5.41) is 4.98. The standard InChI is InChI=1S/C25H28ClN5O4.2ClH/c1-27-31(25(34)15-7-5-4-6-8-15)21-18-13-16(24(33)30(2)3)9-11-19(18)35-22(21)23(32)29-20-12-10-17(26)14-28-20;;/h9-15,27H,4-8H2,1-3H3,(H,28,29,32);2*1H. The lowest BCUT2D eigenvalue weighted by atomic mass is 9.88. The van der Waals surface area contributed by atoms with Crippen LogP contribution in [0.15, 0.2) is 40.9 Å². The molecule has 1 saturated carbocycles. The molecule has 2 heterocycles. The molecule has 0 spiro atoms. The highest BCUT2D eigenvalue weighted by Crippen LogP contribution is 2.37. The molecule has 9 nitrogen and oxygen atoms in total. The van der Waals surface area contributed by atoms with Crippen molar-refractivity contribution in [2.75, 3.05) is 31.5 Å². The predicted molar refractivity (Wildman–Crippen MR) is 149 cm³/mol. The van der Waals surface area contributed by atoms with Gasteiger partial charge in [0.15, 0.2) is 0 Å². The molecule has 200 valence electrons. The maximum absolute atomic E-state index is 13.6. The molecule has 0 aliphatic heterocycles. The number of carbonyl (C=O) groups is 3. The SMILES string of the molecule is CNN(C(=O)C1CCCCC1)c1c(C(=O)Nc2ccc(Cl)cn2)oc2ccc(C(=O)N(C)C)cc12.Cl.Cl. The quantitative estimate of drug-likeness (QED) is 0.388. The lowest BCUT2D eigenvalue weighted by molar-refractivity contribution is -0.123. The van der Waals surface area contributed by atoms with Gasteiger partial charge in [-0.25, -0.2) is 15.4 Å². The summed E-state index contributed by atoms with van der Waals surface area (Å²) >= 11 is 5.90. The summed E-state index contributed by atoms with van der Waals surface area (Å²) < 4.78 is 5.95. The van der Waals surface area contributed by atoms with Crippen LogP contribution in [0.5, 0.6) is 0 Å². The molecule has 37 heavy (non-hydrogen) atoms. The maximum Gasteiger partial charge on any atom is 0.294 e. The molecule has 1 aliphatic carbocycles. The van der Waals surface area contributed by atoms with Crippen LogP contribution in [-0.4, -0.2) is 48.7 Å². The van der Waals surface area contributed by atoms with Gasteiger partial charge in [0.1, 0.15) is 17.1 Å². The number of rotatable bonds is 6. The monoisotopic (exact) mass is 569 g/mol. The molecule has 2 N–H and O–H groups in total. The van der Waals surface area contributed by atoms with E-state index in [-0.39, 0.29) is 59.8 Å². The Morgan fingerprint density at radius 2 is 1.76 bits per heavy atom. The van der Waals surface area contributed by atoms with Gasteiger partial charge in [-0.15, -0.1) is 24.8 Å². The number of nitrogens with zero attached hydrogens (tertiary/aromatic N) is 3. The van der Waals surface area contributed by atoms with Crippen molar-refractivity contribution >= 4 is 76.6 Å². The summed E-state index contributed by atoms with van der Waals surface area (Å²) in [6.45, 7) is 0. The van der Waals surface area contributed by atoms with Crippen LogP contribution in [0.1, 0.15) is 53.0 Å². The van der Waals surface area contributed by atoms with Crippen molar-refractivity contribution in [1.29, 1.82) is 0 Å². The third-order valence-corrected chi connectivity index (χ3v) is 6.34. The number of benzene rings is 1. The minimum Gasteiger partial charge on any atom is -0.449 e. The number of anilines is 2. The molecule has 4 rings (SSSR count). The van der Waals surface area contributed by atoms with E-state index < -0.39 is 5.91 Å². The highest BCUT2D eigenvalue weighted by atomic mass is 35.5. The molecular formula is C25H30Cl3N5O4. The molecule has 3 amide bonds. The van der Waals surface area contributed by atoms with Crippen LogP contribution in [0, 0.1) is 5.92 Å². The number of carbonyl (C=O) groups excluding carboxylic acids is 3. The lowest BCUT2D eigenvalue weighted by Gasteiger charge is -2.28. The van der Waals surface area contributed by atoms with E-state index in [4.69, 9.17) is 16.0 Å². The van der Waals surface area contributed by atoms with E-state index in [1.807, 2.05) is 0 Å². The highest BCUT2D eigenvalue weighted by Gasteiger charge is 2.33. The lowest BCUT2D eigenvalue weighted by Crippen LogP contribution is -2.45. The van der Waals surface area contributed by atoms with Gasteiger partial charge in [0.2, 0.25) is 11.7 Å². The van der Waals surface area contributed by atoms with E-state index in [0.717, 1.165) is 32.1 Å². The summed E-state index contributed by atoms with van der Waals surface area (Å²) in [6.07, 6.45) is 6.06. The van der Waals surface area contributed by atoms with Crippen molar-refractivity contribution in [1.82, 2.24) is 15.3 Å². The topological polar surface area (TPSA) is 108 Å². The zero-order valence-corrected chi connectivity index (χ0v) is 23.1. The zero-order valence-electron chi connectivity index (χ0n) is 20.7. The molecule has 3 aromatic rings. The average Bonchev–Trinajstić information content (AvgIpc) is 3.24. The first-order chi connectivity index (χ1) is 16.8. The minimum absolute atomic E-state index is 0. The maximum atomic E-state index is 13.6. The van der Waals surface area contributed by atoms with Crippen molar-refractivity contribution in [2.24, 2.45) is 5.92 Å². The Morgan fingerprint density at radius 1 is 1.05 bits per heavy atom. The zero-order chi connectivity index (χ0) is 25.1. The Morgan fingerprint density at radius 3 is 2.35 bits per heavy atom. The van der Waals surface area contributed by atoms with Gasteiger partial charge in [-0.2, -0.15) is 0 Å². The van der Waals surface area contributed by atoms with E-state index >= 15 is 0 Å². The van der Waals surface area contributed by atoms with Gasteiger partial charge in [0.25, 0.3) is 11.8 Å². The number of nitrogens with one attached hydrogen (secondary N) is 2. The number of aromatic nitrogens is 1. The van der Waals surface area contributed by atoms with Gasteiger partial charge in [0.05, 0.1) is 5.02 Å². The second kappa shape index (κ2) is 13.1. The Balaban J connectivity index is 0.00000241. The molecule has 0 saturated heterocycles. The Labute approximate surface area is 232 Å². The Kier molecular flexibility index (Phi) is 10.8. The summed E-state index contributed by atoms with van der Waals surface area (Å²) in [5.74, 6) is -0.874. The molecule has 1 aromatic carbocycles. The third kappa shape index (κ3) is 6.54. The molecule has 12 heteroatoms. The second-order valence-corrected chi connectivity index (χ2v) is 9.17. The summed E-state index contributed by atoms with van der Waals surface area (Å²) in [7, 11) is 4.94. The van der Waals surface area contributed by atoms with Crippen LogP contribution in [0.25, 0.3) is 11.0 Å². The van der Waals surface area contributed by atoms with Crippen LogP contribution in [0.2, 0.25) is 5.02 Å². The molecular weight excluding hydrogens is 541 g/mol. The van der Waals surface area contributed by atoms with E-state index in [2.05, 4.69) is 15.7 Å². The Bertz CT molecular complexity index is 1260. The minimum atomic E-state index is -0.580. The summed E-state index contributed by atoms with van der Waals surface area (Å²) in [6, 6.07) is 8.08. The number of amides is 3. The van der Waals surface area contributed by atoms with E-state index in [1.54, 1.807) is 51.5 Å². The van der Waals surface area contributed by atoms with Gasteiger partial charge < -0.3 is 14.6 Å². The number of pyridine rings is 1. The van der Waals surface area contributed by atoms with Gasteiger partial charge in [-0.05, 0) is 43.2 Å². The van der Waals surface area contributed by atoms with E-state index in [1.165, 1.54) is 16.1 Å². The molecule has 0 radical (unpaired) electrons. The first-order valence-corrected chi connectivity index (χ1v) is 11.9. The first-order valence-electron chi connectivity index (χ1n) is 11.5. The number of hydrazine groups is 1.